The molecule has 2 aromatic rings. The highest BCUT2D eigenvalue weighted by Crippen LogP contribution is 2.24. The number of ether oxygens (including phenoxy) is 1. The Bertz CT molecular complexity index is 686. The van der Waals surface area contributed by atoms with Crippen LogP contribution in [0.25, 0.3) is 0 Å². The summed E-state index contributed by atoms with van der Waals surface area (Å²) in [6, 6.07) is 5.00. The van der Waals surface area contributed by atoms with Crippen molar-refractivity contribution in [1.82, 2.24) is 0 Å². The monoisotopic (exact) mass is 344 g/mol. The highest BCUT2D eigenvalue weighted by Gasteiger charge is 2.18. The van der Waals surface area contributed by atoms with E-state index < -0.39 is 28.8 Å². The Morgan fingerprint density at radius 1 is 1.05 bits per heavy atom. The van der Waals surface area contributed by atoms with Crippen molar-refractivity contribution in [2.75, 3.05) is 7.11 Å². The molecular weight excluding hydrogens is 337 g/mol. The molecule has 0 aliphatic carbocycles. The predicted octanol–water partition coefficient (Wildman–Crippen LogP) is 4.11. The third-order valence-electron chi connectivity index (χ3n) is 2.67. The van der Waals surface area contributed by atoms with Gasteiger partial charge in [0.1, 0.15) is 11.6 Å². The Balaban J connectivity index is 2.49. The van der Waals surface area contributed by atoms with Gasteiger partial charge < -0.3 is 4.74 Å². The van der Waals surface area contributed by atoms with Crippen molar-refractivity contribution in [1.29, 1.82) is 0 Å². The maximum Gasteiger partial charge on any atom is 0.196 e. The summed E-state index contributed by atoms with van der Waals surface area (Å²) in [6.07, 6.45) is 0. The van der Waals surface area contributed by atoms with Gasteiger partial charge >= 0.3 is 0 Å². The van der Waals surface area contributed by atoms with Crippen LogP contribution in [0.3, 0.4) is 0 Å². The standard InChI is InChI=1S/C14H8BrF3O2/c1-20-13-4-7(2-3-10(13)16)14(19)8-5-12(18)9(15)6-11(8)17/h2-6H,1H3. The molecule has 0 radical (unpaired) electrons. The van der Waals surface area contributed by atoms with Gasteiger partial charge in [-0.3, -0.25) is 4.79 Å². The summed E-state index contributed by atoms with van der Waals surface area (Å²) in [5, 5.41) is 0. The smallest absolute Gasteiger partial charge is 0.196 e. The quantitative estimate of drug-likeness (QED) is 0.618. The number of halogens is 4. The van der Waals surface area contributed by atoms with Gasteiger partial charge in [-0.2, -0.15) is 0 Å². The van der Waals surface area contributed by atoms with Crippen LogP contribution in [0.5, 0.6) is 5.75 Å². The van der Waals surface area contributed by atoms with E-state index in [2.05, 4.69) is 15.9 Å². The second-order valence-corrected chi connectivity index (χ2v) is 4.78. The van der Waals surface area contributed by atoms with Crippen LogP contribution in [0.1, 0.15) is 15.9 Å². The summed E-state index contributed by atoms with van der Waals surface area (Å²) >= 11 is 2.82. The van der Waals surface area contributed by atoms with Crippen LogP contribution < -0.4 is 4.74 Å². The summed E-state index contributed by atoms with van der Waals surface area (Å²) < 4.78 is 45.0. The molecule has 0 bridgehead atoms. The van der Waals surface area contributed by atoms with E-state index in [-0.39, 0.29) is 15.8 Å². The predicted molar refractivity (Wildman–Crippen MR) is 70.4 cm³/mol. The van der Waals surface area contributed by atoms with Crippen molar-refractivity contribution in [3.8, 4) is 5.75 Å². The zero-order valence-electron chi connectivity index (χ0n) is 10.2. The molecule has 0 aromatic heterocycles. The lowest BCUT2D eigenvalue weighted by atomic mass is 10.0. The molecule has 20 heavy (non-hydrogen) atoms. The van der Waals surface area contributed by atoms with Gasteiger partial charge in [0.2, 0.25) is 0 Å². The Labute approximate surface area is 121 Å². The van der Waals surface area contributed by atoms with Gasteiger partial charge in [-0.05, 0) is 46.3 Å². The molecule has 0 aliphatic rings. The van der Waals surface area contributed by atoms with Crippen molar-refractivity contribution in [3.63, 3.8) is 0 Å². The van der Waals surface area contributed by atoms with Gasteiger partial charge in [-0.1, -0.05) is 0 Å². The Morgan fingerprint density at radius 2 is 1.75 bits per heavy atom. The Hall–Kier alpha value is -1.82. The second-order valence-electron chi connectivity index (χ2n) is 3.92. The lowest BCUT2D eigenvalue weighted by Gasteiger charge is -2.07. The summed E-state index contributed by atoms with van der Waals surface area (Å²) in [5.41, 5.74) is -0.428. The lowest BCUT2D eigenvalue weighted by Crippen LogP contribution is -2.06. The first-order valence-electron chi connectivity index (χ1n) is 5.47. The van der Waals surface area contributed by atoms with E-state index in [4.69, 9.17) is 4.74 Å². The minimum absolute atomic E-state index is 0.00359. The first kappa shape index (κ1) is 14.6. The SMILES string of the molecule is COc1cc(C(=O)c2cc(F)c(Br)cc2F)ccc1F. The number of carbonyl (C=O) groups excluding carboxylic acids is 1. The highest BCUT2D eigenvalue weighted by atomic mass is 79.9. The van der Waals surface area contributed by atoms with E-state index in [0.717, 1.165) is 24.3 Å². The molecule has 0 saturated heterocycles. The van der Waals surface area contributed by atoms with Gasteiger partial charge in [-0.25, -0.2) is 13.2 Å². The number of carbonyl (C=O) groups is 1. The number of hydrogen-bond donors (Lipinski definition) is 0. The summed E-state index contributed by atoms with van der Waals surface area (Å²) in [4.78, 5) is 12.1. The molecule has 0 saturated carbocycles. The molecule has 0 heterocycles. The molecule has 104 valence electrons. The number of hydrogen-bond acceptors (Lipinski definition) is 2. The normalized spacial score (nSPS) is 10.4. The first-order chi connectivity index (χ1) is 9.43. The van der Waals surface area contributed by atoms with Crippen LogP contribution in [0.15, 0.2) is 34.8 Å². The molecule has 0 fully saturated rings. The zero-order valence-corrected chi connectivity index (χ0v) is 11.8. The number of methoxy groups -OCH3 is 1. The van der Waals surface area contributed by atoms with E-state index >= 15 is 0 Å². The van der Waals surface area contributed by atoms with Crippen LogP contribution in [-0.4, -0.2) is 12.9 Å². The average molecular weight is 345 g/mol. The van der Waals surface area contributed by atoms with E-state index in [0.29, 0.717) is 0 Å². The molecule has 0 spiro atoms. The van der Waals surface area contributed by atoms with Crippen LogP contribution >= 0.6 is 15.9 Å². The number of benzene rings is 2. The Morgan fingerprint density at radius 3 is 2.40 bits per heavy atom. The topological polar surface area (TPSA) is 26.3 Å². The van der Waals surface area contributed by atoms with Gasteiger partial charge in [-0.15, -0.1) is 0 Å². The molecule has 6 heteroatoms. The maximum atomic E-state index is 13.7. The van der Waals surface area contributed by atoms with Crippen molar-refractivity contribution in [2.24, 2.45) is 0 Å². The van der Waals surface area contributed by atoms with Crippen LogP contribution in [0.4, 0.5) is 13.2 Å². The van der Waals surface area contributed by atoms with Crippen LogP contribution in [0, 0.1) is 17.5 Å². The van der Waals surface area contributed by atoms with Gasteiger partial charge in [0.25, 0.3) is 0 Å². The zero-order chi connectivity index (χ0) is 14.9. The van der Waals surface area contributed by atoms with Crippen molar-refractivity contribution >= 4 is 21.7 Å². The number of rotatable bonds is 3. The lowest BCUT2D eigenvalue weighted by molar-refractivity contribution is 0.103. The maximum absolute atomic E-state index is 13.7. The second kappa shape index (κ2) is 5.66. The summed E-state index contributed by atoms with van der Waals surface area (Å²) in [6.45, 7) is 0. The highest BCUT2D eigenvalue weighted by molar-refractivity contribution is 9.10. The molecule has 0 aliphatic heterocycles. The van der Waals surface area contributed by atoms with E-state index in [1.54, 1.807) is 0 Å². The fraction of sp³-hybridized carbons (Fsp3) is 0.0714. The minimum atomic E-state index is -0.869. The third kappa shape index (κ3) is 2.70. The minimum Gasteiger partial charge on any atom is -0.494 e. The van der Waals surface area contributed by atoms with Crippen molar-refractivity contribution in [3.05, 3.63) is 63.4 Å². The van der Waals surface area contributed by atoms with Crippen LogP contribution in [-0.2, 0) is 0 Å². The van der Waals surface area contributed by atoms with Gasteiger partial charge in [0, 0.05) is 5.56 Å². The molecule has 2 nitrogen and oxygen atoms in total. The number of ketones is 1. The third-order valence-corrected chi connectivity index (χ3v) is 3.28. The summed E-state index contributed by atoms with van der Waals surface area (Å²) in [5.74, 6) is -3.18. The summed E-state index contributed by atoms with van der Waals surface area (Å²) in [7, 11) is 1.24. The fourth-order valence-electron chi connectivity index (χ4n) is 1.65. The fourth-order valence-corrected chi connectivity index (χ4v) is 1.97. The largest absolute Gasteiger partial charge is 0.494 e. The van der Waals surface area contributed by atoms with E-state index in [9.17, 15) is 18.0 Å². The van der Waals surface area contributed by atoms with Gasteiger partial charge in [0.05, 0.1) is 17.1 Å². The van der Waals surface area contributed by atoms with Crippen molar-refractivity contribution in [2.45, 2.75) is 0 Å². The van der Waals surface area contributed by atoms with E-state index in [1.807, 2.05) is 0 Å². The van der Waals surface area contributed by atoms with Crippen LogP contribution in [0.2, 0.25) is 0 Å². The molecular formula is C14H8BrF3O2. The Kier molecular flexibility index (Phi) is 4.13. The molecule has 0 N–H and O–H groups in total. The average Bonchev–Trinajstić information content (AvgIpc) is 2.42. The molecule has 0 atom stereocenters. The first-order valence-corrected chi connectivity index (χ1v) is 6.26. The molecule has 2 aromatic carbocycles. The molecule has 0 unspecified atom stereocenters. The van der Waals surface area contributed by atoms with Crippen molar-refractivity contribution < 1.29 is 22.7 Å². The van der Waals surface area contributed by atoms with E-state index in [1.165, 1.54) is 13.2 Å². The van der Waals surface area contributed by atoms with Gasteiger partial charge in [0.15, 0.2) is 17.3 Å². The molecule has 0 amide bonds. The molecule has 2 rings (SSSR count).